The Labute approximate surface area is 162 Å². The normalized spacial score (nSPS) is 11.3. The highest BCUT2D eigenvalue weighted by Crippen LogP contribution is 2.24. The molecule has 8 heteroatoms. The molecule has 0 aliphatic carbocycles. The van der Waals surface area contributed by atoms with Crippen LogP contribution in [-0.4, -0.2) is 29.6 Å². The molecule has 0 saturated carbocycles. The Kier molecular flexibility index (Phi) is 5.62. The number of carbonyl (C=O) groups excluding carboxylic acids is 1. The molecule has 1 N–H and O–H groups in total. The Balaban J connectivity index is 1.62. The van der Waals surface area contributed by atoms with E-state index < -0.39 is 15.7 Å². The van der Waals surface area contributed by atoms with Crippen molar-refractivity contribution < 1.29 is 13.2 Å². The molecule has 140 valence electrons. The lowest BCUT2D eigenvalue weighted by molar-refractivity contribution is -0.115. The summed E-state index contributed by atoms with van der Waals surface area (Å²) >= 11 is 6.25. The smallest absolute Gasteiger partial charge is 0.225 e. The van der Waals surface area contributed by atoms with Gasteiger partial charge >= 0.3 is 0 Å². The minimum atomic E-state index is -3.51. The van der Waals surface area contributed by atoms with Gasteiger partial charge in [-0.1, -0.05) is 29.3 Å². The van der Waals surface area contributed by atoms with Crippen LogP contribution in [0.1, 0.15) is 12.0 Å². The number of carbonyl (C=O) groups is 1. The number of aryl methyl sites for hydroxylation is 1. The van der Waals surface area contributed by atoms with Crippen LogP contribution in [0.15, 0.2) is 66.1 Å². The molecule has 0 aliphatic rings. The van der Waals surface area contributed by atoms with Crippen molar-refractivity contribution in [3.05, 3.63) is 71.8 Å². The summed E-state index contributed by atoms with van der Waals surface area (Å²) in [6.45, 7) is 1.88. The van der Waals surface area contributed by atoms with E-state index in [-0.39, 0.29) is 17.1 Å². The van der Waals surface area contributed by atoms with Crippen molar-refractivity contribution in [3.8, 4) is 5.69 Å². The van der Waals surface area contributed by atoms with Crippen molar-refractivity contribution in [1.29, 1.82) is 0 Å². The zero-order valence-corrected chi connectivity index (χ0v) is 16.2. The molecule has 3 rings (SSSR count). The molecule has 6 nitrogen and oxygen atoms in total. The fourth-order valence-corrected chi connectivity index (χ4v) is 4.03. The van der Waals surface area contributed by atoms with Crippen molar-refractivity contribution in [3.63, 3.8) is 0 Å². The molecule has 0 aliphatic heterocycles. The Hall–Kier alpha value is -2.64. The molecule has 1 amide bonds. The fourth-order valence-electron chi connectivity index (χ4n) is 2.51. The van der Waals surface area contributed by atoms with Crippen LogP contribution in [0.5, 0.6) is 0 Å². The van der Waals surface area contributed by atoms with Gasteiger partial charge in [-0.25, -0.2) is 13.4 Å². The minimum absolute atomic E-state index is 0.142. The van der Waals surface area contributed by atoms with Gasteiger partial charge in [-0.15, -0.1) is 0 Å². The number of aromatic nitrogens is 2. The zero-order chi connectivity index (χ0) is 19.4. The summed E-state index contributed by atoms with van der Waals surface area (Å²) < 4.78 is 26.4. The number of halogens is 1. The lowest BCUT2D eigenvalue weighted by Crippen LogP contribution is -2.17. The number of amides is 1. The van der Waals surface area contributed by atoms with Gasteiger partial charge < -0.3 is 9.88 Å². The largest absolute Gasteiger partial charge is 0.326 e. The van der Waals surface area contributed by atoms with Crippen LogP contribution in [0.2, 0.25) is 5.02 Å². The maximum atomic E-state index is 12.3. The molecular formula is C19H18ClN3O3S. The molecule has 3 aromatic rings. The van der Waals surface area contributed by atoms with Gasteiger partial charge in [0.1, 0.15) is 0 Å². The number of imidazole rings is 1. The summed E-state index contributed by atoms with van der Waals surface area (Å²) in [7, 11) is -3.51. The van der Waals surface area contributed by atoms with Crippen LogP contribution in [0.25, 0.3) is 5.69 Å². The van der Waals surface area contributed by atoms with E-state index in [1.165, 1.54) is 0 Å². The molecule has 0 spiro atoms. The number of benzene rings is 2. The molecule has 0 saturated heterocycles. The number of nitrogens with zero attached hydrogens (tertiary/aromatic N) is 2. The predicted molar refractivity (Wildman–Crippen MR) is 105 cm³/mol. The summed E-state index contributed by atoms with van der Waals surface area (Å²) in [6.07, 6.45) is 4.88. The Bertz CT molecular complexity index is 1050. The van der Waals surface area contributed by atoms with Crippen molar-refractivity contribution in [2.45, 2.75) is 18.2 Å². The molecule has 0 atom stereocenters. The third-order valence-corrected chi connectivity index (χ3v) is 6.03. The van der Waals surface area contributed by atoms with E-state index >= 15 is 0 Å². The number of nitrogens with one attached hydrogen (secondary N) is 1. The lowest BCUT2D eigenvalue weighted by atomic mass is 10.2. The number of hydrogen-bond acceptors (Lipinski definition) is 4. The second-order valence-electron chi connectivity index (χ2n) is 6.07. The second kappa shape index (κ2) is 7.94. The topological polar surface area (TPSA) is 81.1 Å². The molecule has 0 fully saturated rings. The van der Waals surface area contributed by atoms with Crippen LogP contribution in [0.4, 0.5) is 5.69 Å². The average molecular weight is 404 g/mol. The highest BCUT2D eigenvalue weighted by Gasteiger charge is 2.16. The van der Waals surface area contributed by atoms with Gasteiger partial charge in [0.15, 0.2) is 9.84 Å². The summed E-state index contributed by atoms with van der Waals surface area (Å²) in [6, 6.07) is 11.6. The number of anilines is 1. The molecule has 27 heavy (non-hydrogen) atoms. The standard InChI is InChI=1S/C19H18ClN3O3S/c1-14-2-5-16(6-3-14)27(25,26)11-8-19(24)22-15-4-7-18(17(20)12-15)23-10-9-21-13-23/h2-7,9-10,12-13H,8,11H2,1H3,(H,22,24). The molecule has 0 bridgehead atoms. The van der Waals surface area contributed by atoms with Crippen LogP contribution in [0.3, 0.4) is 0 Å². The average Bonchev–Trinajstić information content (AvgIpc) is 3.15. The first kappa shape index (κ1) is 19.1. The first-order chi connectivity index (χ1) is 12.8. The summed E-state index contributed by atoms with van der Waals surface area (Å²) in [4.78, 5) is 16.3. The van der Waals surface area contributed by atoms with Crippen molar-refractivity contribution in [1.82, 2.24) is 9.55 Å². The first-order valence-electron chi connectivity index (χ1n) is 8.22. The SMILES string of the molecule is Cc1ccc(S(=O)(=O)CCC(=O)Nc2ccc(-n3ccnc3)c(Cl)c2)cc1. The van der Waals surface area contributed by atoms with E-state index in [0.717, 1.165) is 11.3 Å². The monoisotopic (exact) mass is 403 g/mol. The predicted octanol–water partition coefficient (Wildman–Crippen LogP) is 3.64. The fraction of sp³-hybridized carbons (Fsp3) is 0.158. The number of rotatable bonds is 6. The lowest BCUT2D eigenvalue weighted by Gasteiger charge is -2.10. The van der Waals surface area contributed by atoms with Gasteiger partial charge in [0, 0.05) is 24.5 Å². The summed E-state index contributed by atoms with van der Waals surface area (Å²) in [5, 5.41) is 3.12. The Morgan fingerprint density at radius 3 is 2.56 bits per heavy atom. The van der Waals surface area contributed by atoms with E-state index in [1.807, 2.05) is 6.92 Å². The second-order valence-corrected chi connectivity index (χ2v) is 8.58. The van der Waals surface area contributed by atoms with Gasteiger partial charge in [-0.3, -0.25) is 4.79 Å². The van der Waals surface area contributed by atoms with Crippen LogP contribution >= 0.6 is 11.6 Å². The zero-order valence-electron chi connectivity index (χ0n) is 14.6. The van der Waals surface area contributed by atoms with Crippen molar-refractivity contribution in [2.75, 3.05) is 11.1 Å². The van der Waals surface area contributed by atoms with Gasteiger partial charge in [-0.05, 0) is 37.3 Å². The summed E-state index contributed by atoms with van der Waals surface area (Å²) in [5.74, 6) is -0.653. The maximum Gasteiger partial charge on any atom is 0.225 e. The van der Waals surface area contributed by atoms with E-state index in [2.05, 4.69) is 10.3 Å². The Morgan fingerprint density at radius 2 is 1.93 bits per heavy atom. The van der Waals surface area contributed by atoms with Gasteiger partial charge in [0.25, 0.3) is 0 Å². The molecule has 0 radical (unpaired) electrons. The molecule has 1 aromatic heterocycles. The van der Waals surface area contributed by atoms with Crippen LogP contribution in [0, 0.1) is 6.92 Å². The van der Waals surface area contributed by atoms with E-state index in [9.17, 15) is 13.2 Å². The highest BCUT2D eigenvalue weighted by molar-refractivity contribution is 7.91. The third-order valence-electron chi connectivity index (χ3n) is 3.99. The first-order valence-corrected chi connectivity index (χ1v) is 10.3. The maximum absolute atomic E-state index is 12.3. The molecular weight excluding hydrogens is 386 g/mol. The van der Waals surface area contributed by atoms with Gasteiger partial charge in [0.2, 0.25) is 5.91 Å². The Morgan fingerprint density at radius 1 is 1.19 bits per heavy atom. The highest BCUT2D eigenvalue weighted by atomic mass is 35.5. The molecule has 2 aromatic carbocycles. The van der Waals surface area contributed by atoms with E-state index in [1.54, 1.807) is 65.8 Å². The van der Waals surface area contributed by atoms with Gasteiger partial charge in [-0.2, -0.15) is 0 Å². The summed E-state index contributed by atoms with van der Waals surface area (Å²) in [5.41, 5.74) is 2.21. The van der Waals surface area contributed by atoms with Crippen molar-refractivity contribution in [2.24, 2.45) is 0 Å². The van der Waals surface area contributed by atoms with E-state index in [4.69, 9.17) is 11.6 Å². The van der Waals surface area contributed by atoms with Crippen molar-refractivity contribution >= 4 is 33.0 Å². The quantitative estimate of drug-likeness (QED) is 0.681. The van der Waals surface area contributed by atoms with Crippen LogP contribution < -0.4 is 5.32 Å². The minimum Gasteiger partial charge on any atom is -0.326 e. The number of sulfone groups is 1. The van der Waals surface area contributed by atoms with Gasteiger partial charge in [0.05, 0.1) is 27.7 Å². The molecule has 1 heterocycles. The third kappa shape index (κ3) is 4.75. The molecule has 0 unspecified atom stereocenters. The van der Waals surface area contributed by atoms with E-state index in [0.29, 0.717) is 10.7 Å². The number of hydrogen-bond donors (Lipinski definition) is 1. The van der Waals surface area contributed by atoms with Crippen LogP contribution in [-0.2, 0) is 14.6 Å².